The molecule has 1 aromatic heterocycles. The number of hydrogen-bond acceptors (Lipinski definition) is 5. The predicted molar refractivity (Wildman–Crippen MR) is 92.1 cm³/mol. The summed E-state index contributed by atoms with van der Waals surface area (Å²) in [5.74, 6) is -0.368. The van der Waals surface area contributed by atoms with Gasteiger partial charge < -0.3 is 0 Å². The number of carbonyl (C=O) groups excluding carboxylic acids is 1. The zero-order valence-electron chi connectivity index (χ0n) is 13.2. The Morgan fingerprint density at radius 2 is 1.56 bits per heavy atom. The molecule has 0 aliphatic heterocycles. The number of benzene rings is 2. The van der Waals surface area contributed by atoms with E-state index in [2.05, 4.69) is 20.3 Å². The van der Waals surface area contributed by atoms with Gasteiger partial charge in [-0.2, -0.15) is 0 Å². The lowest BCUT2D eigenvalue weighted by atomic mass is 10.2. The molecule has 9 heteroatoms. The summed E-state index contributed by atoms with van der Waals surface area (Å²) in [6.45, 7) is 1.88. The number of aromatic nitrogens is 3. The Balaban J connectivity index is 1.72. The number of amides is 1. The molecule has 2 N–H and O–H groups in total. The summed E-state index contributed by atoms with van der Waals surface area (Å²) in [5.41, 5.74) is 4.26. The van der Waals surface area contributed by atoms with Gasteiger partial charge in [-0.05, 0) is 43.3 Å². The molecule has 0 atom stereocenters. The first-order valence-electron chi connectivity index (χ1n) is 7.29. The van der Waals surface area contributed by atoms with Crippen molar-refractivity contribution >= 4 is 21.6 Å². The number of rotatable bonds is 5. The van der Waals surface area contributed by atoms with E-state index in [4.69, 9.17) is 0 Å². The van der Waals surface area contributed by atoms with Crippen molar-refractivity contribution in [2.45, 2.75) is 11.8 Å². The lowest BCUT2D eigenvalue weighted by molar-refractivity contribution is 0.101. The molecule has 25 heavy (non-hydrogen) atoms. The molecule has 0 aliphatic rings. The molecule has 0 fully saturated rings. The molecule has 0 aliphatic carbocycles. The Morgan fingerprint density at radius 3 is 2.16 bits per heavy atom. The fourth-order valence-corrected chi connectivity index (χ4v) is 3.12. The van der Waals surface area contributed by atoms with Crippen LogP contribution < -0.4 is 10.1 Å². The van der Waals surface area contributed by atoms with Gasteiger partial charge in [0, 0.05) is 11.3 Å². The molecule has 0 radical (unpaired) electrons. The quantitative estimate of drug-likeness (QED) is 0.724. The van der Waals surface area contributed by atoms with Gasteiger partial charge in [-0.3, -0.25) is 14.9 Å². The zero-order valence-corrected chi connectivity index (χ0v) is 14.1. The van der Waals surface area contributed by atoms with Crippen LogP contribution in [0.5, 0.6) is 0 Å². The lowest BCUT2D eigenvalue weighted by Crippen LogP contribution is -2.21. The van der Waals surface area contributed by atoms with Gasteiger partial charge in [0.05, 0.1) is 4.90 Å². The van der Waals surface area contributed by atoms with Crippen molar-refractivity contribution in [2.24, 2.45) is 0 Å². The van der Waals surface area contributed by atoms with Crippen molar-refractivity contribution in [1.29, 1.82) is 0 Å². The highest BCUT2D eigenvalue weighted by atomic mass is 32.2. The second-order valence-electron chi connectivity index (χ2n) is 5.31. The lowest BCUT2D eigenvalue weighted by Gasteiger charge is -2.09. The molecule has 3 aromatic rings. The van der Waals surface area contributed by atoms with Crippen LogP contribution in [-0.4, -0.2) is 29.2 Å². The van der Waals surface area contributed by atoms with Gasteiger partial charge >= 0.3 is 0 Å². The minimum Gasteiger partial charge on any atom is -0.280 e. The van der Waals surface area contributed by atoms with Gasteiger partial charge in [0.25, 0.3) is 15.9 Å². The maximum Gasteiger partial charge on any atom is 0.270 e. The maximum atomic E-state index is 12.3. The van der Waals surface area contributed by atoms with Gasteiger partial charge in [0.2, 0.25) is 0 Å². The van der Waals surface area contributed by atoms with Crippen molar-refractivity contribution in [3.63, 3.8) is 0 Å². The number of hydrogen-bond donors (Lipinski definition) is 2. The summed E-state index contributed by atoms with van der Waals surface area (Å²) in [4.78, 5) is 12.2. The summed E-state index contributed by atoms with van der Waals surface area (Å²) in [7, 11) is -3.68. The van der Waals surface area contributed by atoms with E-state index < -0.39 is 10.0 Å². The molecule has 0 saturated heterocycles. The van der Waals surface area contributed by atoms with Crippen LogP contribution in [0.1, 0.15) is 15.9 Å². The van der Waals surface area contributed by atoms with Crippen LogP contribution in [0.15, 0.2) is 66.1 Å². The molecular formula is C16H15N5O3S. The Morgan fingerprint density at radius 1 is 0.960 bits per heavy atom. The summed E-state index contributed by atoms with van der Waals surface area (Å²) < 4.78 is 28.5. The van der Waals surface area contributed by atoms with E-state index in [1.807, 2.05) is 6.92 Å². The predicted octanol–water partition coefficient (Wildman–Crippen LogP) is 1.77. The van der Waals surface area contributed by atoms with Crippen molar-refractivity contribution in [3.05, 3.63) is 72.3 Å². The van der Waals surface area contributed by atoms with E-state index in [0.717, 1.165) is 5.56 Å². The normalized spacial score (nSPS) is 11.1. The Hall–Kier alpha value is -3.20. The summed E-state index contributed by atoms with van der Waals surface area (Å²) in [6.07, 6.45) is 2.70. The topological polar surface area (TPSA) is 106 Å². The van der Waals surface area contributed by atoms with Crippen LogP contribution in [0.25, 0.3) is 0 Å². The second kappa shape index (κ2) is 6.73. The monoisotopic (exact) mass is 357 g/mol. The van der Waals surface area contributed by atoms with Crippen molar-refractivity contribution in [2.75, 3.05) is 10.1 Å². The summed E-state index contributed by atoms with van der Waals surface area (Å²) >= 11 is 0. The van der Waals surface area contributed by atoms with Crippen LogP contribution in [-0.2, 0) is 10.0 Å². The molecule has 128 valence electrons. The first kappa shape index (κ1) is 16.7. The third-order valence-corrected chi connectivity index (χ3v) is 4.78. The van der Waals surface area contributed by atoms with Crippen LogP contribution in [0.3, 0.4) is 0 Å². The molecule has 0 saturated carbocycles. The molecule has 0 unspecified atom stereocenters. The molecule has 1 heterocycles. The van der Waals surface area contributed by atoms with E-state index in [1.165, 1.54) is 41.6 Å². The van der Waals surface area contributed by atoms with Gasteiger partial charge in [-0.1, -0.05) is 17.7 Å². The number of nitrogens with one attached hydrogen (secondary N) is 2. The van der Waals surface area contributed by atoms with Gasteiger partial charge in [0.15, 0.2) is 0 Å². The van der Waals surface area contributed by atoms with Crippen molar-refractivity contribution in [3.8, 4) is 0 Å². The zero-order chi connectivity index (χ0) is 17.9. The van der Waals surface area contributed by atoms with Crippen LogP contribution in [0, 0.1) is 6.92 Å². The highest BCUT2D eigenvalue weighted by molar-refractivity contribution is 7.92. The molecule has 0 spiro atoms. The van der Waals surface area contributed by atoms with Crippen LogP contribution in [0.2, 0.25) is 0 Å². The fourth-order valence-electron chi connectivity index (χ4n) is 2.06. The molecule has 8 nitrogen and oxygen atoms in total. The molecule has 0 bridgehead atoms. The van der Waals surface area contributed by atoms with Crippen LogP contribution >= 0.6 is 0 Å². The number of carbonyl (C=O) groups is 1. The largest absolute Gasteiger partial charge is 0.280 e. The fraction of sp³-hybridized carbons (Fsp3) is 0.0625. The van der Waals surface area contributed by atoms with E-state index in [0.29, 0.717) is 11.3 Å². The standard InChI is InChI=1S/C16H15N5O3S/c1-12-2-8-15(9-3-12)25(23,24)20-14-6-4-13(5-7-14)16(22)19-21-10-17-18-11-21/h2-11,20H,1H3,(H,19,22). The number of anilines is 1. The van der Waals surface area contributed by atoms with E-state index in [9.17, 15) is 13.2 Å². The number of sulfonamides is 1. The number of nitrogens with zero attached hydrogens (tertiary/aromatic N) is 3. The van der Waals surface area contributed by atoms with Gasteiger partial charge in [0.1, 0.15) is 12.7 Å². The van der Waals surface area contributed by atoms with E-state index in [1.54, 1.807) is 24.3 Å². The van der Waals surface area contributed by atoms with Crippen molar-refractivity contribution < 1.29 is 13.2 Å². The summed E-state index contributed by atoms with van der Waals surface area (Å²) in [5, 5.41) is 7.16. The first-order valence-corrected chi connectivity index (χ1v) is 8.78. The average Bonchev–Trinajstić information content (AvgIpc) is 3.08. The van der Waals surface area contributed by atoms with Crippen molar-refractivity contribution in [1.82, 2.24) is 14.9 Å². The van der Waals surface area contributed by atoms with E-state index >= 15 is 0 Å². The SMILES string of the molecule is Cc1ccc(S(=O)(=O)Nc2ccc(C(=O)Nn3cnnc3)cc2)cc1. The van der Waals surface area contributed by atoms with Gasteiger partial charge in [-0.25, -0.2) is 13.1 Å². The highest BCUT2D eigenvalue weighted by Gasteiger charge is 2.14. The Labute approximate surface area is 144 Å². The minimum absolute atomic E-state index is 0.174. The van der Waals surface area contributed by atoms with Crippen LogP contribution in [0.4, 0.5) is 5.69 Å². The Bertz CT molecular complexity index is 966. The first-order chi connectivity index (χ1) is 11.9. The van der Waals surface area contributed by atoms with Gasteiger partial charge in [-0.15, -0.1) is 10.2 Å². The number of aryl methyl sites for hydroxylation is 1. The third kappa shape index (κ3) is 4.01. The summed E-state index contributed by atoms with van der Waals surface area (Å²) in [6, 6.07) is 12.6. The highest BCUT2D eigenvalue weighted by Crippen LogP contribution is 2.17. The van der Waals surface area contributed by atoms with E-state index in [-0.39, 0.29) is 10.8 Å². The molecular weight excluding hydrogens is 342 g/mol. The minimum atomic E-state index is -3.68. The molecule has 3 rings (SSSR count). The maximum absolute atomic E-state index is 12.3. The Kier molecular flexibility index (Phi) is 4.48. The third-order valence-electron chi connectivity index (χ3n) is 3.38. The average molecular weight is 357 g/mol. The smallest absolute Gasteiger partial charge is 0.270 e. The second-order valence-corrected chi connectivity index (χ2v) is 6.99. The molecule has 1 amide bonds. The molecule has 2 aromatic carbocycles.